The average molecular weight is 883 g/mol. The van der Waals surface area contributed by atoms with Crippen molar-refractivity contribution in [3.63, 3.8) is 0 Å². The third-order valence-electron chi connectivity index (χ3n) is 13.5. The fourth-order valence-electron chi connectivity index (χ4n) is 10.1. The number of fused-ring (bicyclic) bond motifs is 9. The second-order valence-electron chi connectivity index (χ2n) is 17.6. The van der Waals surface area contributed by atoms with Crippen LogP contribution in [0.25, 0.3) is 139 Å². The molecule has 14 aromatic rings. The summed E-state index contributed by atoms with van der Waals surface area (Å²) in [6, 6.07) is 80.5. The van der Waals surface area contributed by atoms with Gasteiger partial charge in [0.15, 0.2) is 17.5 Å². The van der Waals surface area contributed by atoms with Crippen molar-refractivity contribution in [1.29, 1.82) is 0 Å². The van der Waals surface area contributed by atoms with E-state index in [0.717, 1.165) is 99.5 Å². The third kappa shape index (κ3) is 6.53. The highest BCUT2D eigenvalue weighted by Gasteiger charge is 2.21. The fourth-order valence-corrected chi connectivity index (χ4v) is 10.1. The van der Waals surface area contributed by atoms with Crippen molar-refractivity contribution >= 4 is 65.7 Å². The van der Waals surface area contributed by atoms with Crippen LogP contribution < -0.4 is 0 Å². The van der Waals surface area contributed by atoms with Crippen molar-refractivity contribution < 1.29 is 8.83 Å². The van der Waals surface area contributed by atoms with Gasteiger partial charge in [-0.1, -0.05) is 170 Å². The summed E-state index contributed by atoms with van der Waals surface area (Å²) < 4.78 is 15.7. The predicted octanol–water partition coefficient (Wildman–Crippen LogP) is 16.8. The summed E-state index contributed by atoms with van der Waals surface area (Å²) in [5, 5.41) is 6.58. The van der Waals surface area contributed by atoms with Crippen LogP contribution in [0, 0.1) is 0 Å². The maximum Gasteiger partial charge on any atom is 0.164 e. The summed E-state index contributed by atoms with van der Waals surface area (Å²) in [6.45, 7) is 0. The van der Waals surface area contributed by atoms with Gasteiger partial charge in [-0.05, 0) is 94.0 Å². The highest BCUT2D eigenvalue weighted by molar-refractivity contribution is 6.16. The van der Waals surface area contributed by atoms with Crippen LogP contribution in [0.15, 0.2) is 239 Å². The minimum atomic E-state index is 0.571. The van der Waals surface area contributed by atoms with Crippen LogP contribution >= 0.6 is 0 Å². The zero-order chi connectivity index (χ0) is 45.4. The Hall–Kier alpha value is -9.39. The van der Waals surface area contributed by atoms with E-state index < -0.39 is 0 Å². The molecule has 69 heavy (non-hydrogen) atoms. The Morgan fingerprint density at radius 3 is 1.49 bits per heavy atom. The van der Waals surface area contributed by atoms with E-state index in [2.05, 4.69) is 187 Å². The molecule has 0 aliphatic carbocycles. The van der Waals surface area contributed by atoms with E-state index in [0.29, 0.717) is 17.5 Å². The molecule has 0 radical (unpaired) electrons. The summed E-state index contributed by atoms with van der Waals surface area (Å²) in [5.74, 6) is 1.78. The molecule has 0 unspecified atom stereocenters. The molecule has 6 nitrogen and oxygen atoms in total. The van der Waals surface area contributed by atoms with Crippen molar-refractivity contribution in [3.05, 3.63) is 231 Å². The fraction of sp³-hybridized carbons (Fsp3) is 0. The highest BCUT2D eigenvalue weighted by atomic mass is 16.3. The van der Waals surface area contributed by atoms with Gasteiger partial charge in [-0.2, -0.15) is 0 Å². The predicted molar refractivity (Wildman–Crippen MR) is 281 cm³/mol. The topological polar surface area (TPSA) is 69.9 Å². The van der Waals surface area contributed by atoms with Gasteiger partial charge in [-0.15, -0.1) is 0 Å². The molecule has 0 bridgehead atoms. The molecule has 322 valence electrons. The summed E-state index contributed by atoms with van der Waals surface area (Å²) in [6.07, 6.45) is 0. The molecule has 0 saturated carbocycles. The first-order valence-electron chi connectivity index (χ1n) is 23.2. The Kier molecular flexibility index (Phi) is 8.79. The second kappa shape index (κ2) is 15.6. The lowest BCUT2D eigenvalue weighted by atomic mass is 9.99. The highest BCUT2D eigenvalue weighted by Crippen LogP contribution is 2.43. The maximum absolute atomic E-state index is 6.70. The van der Waals surface area contributed by atoms with Gasteiger partial charge in [0, 0.05) is 43.6 Å². The molecule has 0 fully saturated rings. The zero-order valence-corrected chi connectivity index (χ0v) is 37.0. The van der Waals surface area contributed by atoms with Gasteiger partial charge in [-0.3, -0.25) is 0 Å². The quantitative estimate of drug-likeness (QED) is 0.159. The number of aromatic nitrogens is 4. The number of para-hydroxylation sites is 2. The Morgan fingerprint density at radius 1 is 0.261 bits per heavy atom. The SMILES string of the molecule is c1ccc(-c2ccc(-c3nc(-c4ccccc4)nc(-c4ccc5c(c4)oc4ccc(-c6cc(-n7c8ccccc8c8cc(-c9ccccc9)ccc87)c7c(c6)oc6ccccc67)cc45)n3)cc2)cc1. The standard InChI is InChI=1S/C63H38N4O2/c1-4-14-39(15-5-1)41-24-26-43(27-25-41)62-64-61(42-18-8-3-9-19-42)65-63(66-62)46-28-31-49-52-35-45(30-33-57(52)68-58(49)37-46)47-36-55(60-50-21-11-13-23-56(50)69-59(60)38-47)67-53-22-12-10-20-48(53)51-34-44(29-32-54(51)67)40-16-6-2-7-17-40/h1-38H. The zero-order valence-electron chi connectivity index (χ0n) is 37.0. The van der Waals surface area contributed by atoms with Crippen LogP contribution in [-0.2, 0) is 0 Å². The molecule has 0 N–H and O–H groups in total. The maximum atomic E-state index is 6.70. The van der Waals surface area contributed by atoms with Crippen LogP contribution in [0.4, 0.5) is 0 Å². The largest absolute Gasteiger partial charge is 0.456 e. The van der Waals surface area contributed by atoms with Crippen LogP contribution in [0.5, 0.6) is 0 Å². The van der Waals surface area contributed by atoms with Crippen molar-refractivity contribution in [2.24, 2.45) is 0 Å². The van der Waals surface area contributed by atoms with E-state index in [1.54, 1.807) is 0 Å². The van der Waals surface area contributed by atoms with Crippen LogP contribution in [-0.4, -0.2) is 19.5 Å². The van der Waals surface area contributed by atoms with E-state index in [-0.39, 0.29) is 0 Å². The Bertz CT molecular complexity index is 4290. The number of hydrogen-bond donors (Lipinski definition) is 0. The van der Waals surface area contributed by atoms with Gasteiger partial charge in [0.05, 0.1) is 22.1 Å². The Balaban J connectivity index is 0.897. The minimum absolute atomic E-state index is 0.571. The molecular weight excluding hydrogens is 845 g/mol. The number of hydrogen-bond acceptors (Lipinski definition) is 5. The number of benzene rings is 10. The lowest BCUT2D eigenvalue weighted by Crippen LogP contribution is -2.00. The van der Waals surface area contributed by atoms with E-state index in [9.17, 15) is 0 Å². The number of nitrogens with zero attached hydrogens (tertiary/aromatic N) is 4. The van der Waals surface area contributed by atoms with Crippen LogP contribution in [0.3, 0.4) is 0 Å². The number of furan rings is 2. The normalized spacial score (nSPS) is 11.8. The third-order valence-corrected chi connectivity index (χ3v) is 13.5. The Morgan fingerprint density at radius 2 is 0.739 bits per heavy atom. The molecule has 0 aliphatic heterocycles. The molecule has 6 heteroatoms. The first kappa shape index (κ1) is 38.8. The molecule has 0 saturated heterocycles. The van der Waals surface area contributed by atoms with Gasteiger partial charge >= 0.3 is 0 Å². The molecule has 4 aromatic heterocycles. The van der Waals surface area contributed by atoms with E-state index in [1.807, 2.05) is 48.5 Å². The molecular formula is C63H38N4O2. The van der Waals surface area contributed by atoms with Gasteiger partial charge in [0.1, 0.15) is 22.3 Å². The number of rotatable bonds is 7. The average Bonchev–Trinajstić information content (AvgIpc) is 4.10. The van der Waals surface area contributed by atoms with Crippen molar-refractivity contribution in [2.75, 3.05) is 0 Å². The molecule has 14 rings (SSSR count). The molecule has 0 aliphatic rings. The van der Waals surface area contributed by atoms with Crippen molar-refractivity contribution in [3.8, 4) is 73.2 Å². The van der Waals surface area contributed by atoms with Crippen molar-refractivity contribution in [1.82, 2.24) is 19.5 Å². The van der Waals surface area contributed by atoms with Gasteiger partial charge in [-0.25, -0.2) is 15.0 Å². The first-order chi connectivity index (χ1) is 34.2. The summed E-state index contributed by atoms with van der Waals surface area (Å²) >= 11 is 0. The molecule has 0 amide bonds. The molecule has 10 aromatic carbocycles. The molecule has 4 heterocycles. The summed E-state index contributed by atoms with van der Waals surface area (Å²) in [7, 11) is 0. The van der Waals surface area contributed by atoms with Crippen molar-refractivity contribution in [2.45, 2.75) is 0 Å². The van der Waals surface area contributed by atoms with E-state index in [4.69, 9.17) is 23.8 Å². The van der Waals surface area contributed by atoms with Crippen LogP contribution in [0.1, 0.15) is 0 Å². The lowest BCUT2D eigenvalue weighted by molar-refractivity contribution is 0.669. The summed E-state index contributed by atoms with van der Waals surface area (Å²) in [5.41, 5.74) is 16.0. The van der Waals surface area contributed by atoms with Crippen LogP contribution in [0.2, 0.25) is 0 Å². The Labute approximate surface area is 396 Å². The minimum Gasteiger partial charge on any atom is -0.456 e. The lowest BCUT2D eigenvalue weighted by Gasteiger charge is -2.13. The molecule has 0 atom stereocenters. The molecule has 0 spiro atoms. The van der Waals surface area contributed by atoms with Gasteiger partial charge < -0.3 is 13.4 Å². The first-order valence-corrected chi connectivity index (χ1v) is 23.2. The monoisotopic (exact) mass is 882 g/mol. The smallest absolute Gasteiger partial charge is 0.164 e. The van der Waals surface area contributed by atoms with Gasteiger partial charge in [0.25, 0.3) is 0 Å². The van der Waals surface area contributed by atoms with Gasteiger partial charge in [0.2, 0.25) is 0 Å². The van der Waals surface area contributed by atoms with E-state index in [1.165, 1.54) is 21.9 Å². The van der Waals surface area contributed by atoms with E-state index >= 15 is 0 Å². The summed E-state index contributed by atoms with van der Waals surface area (Å²) in [4.78, 5) is 15.1. The second-order valence-corrected chi connectivity index (χ2v) is 17.6.